The number of carboxylic acid groups (broad SMARTS) is 1. The first kappa shape index (κ1) is 52.3. The Balaban J connectivity index is 2.88. The average molecular weight is 858 g/mol. The fourth-order valence-corrected chi connectivity index (χ4v) is 6.85. The summed E-state index contributed by atoms with van der Waals surface area (Å²) in [6.07, 6.45) is 11.1. The Morgan fingerprint density at radius 2 is 1.37 bits per heavy atom. The highest BCUT2D eigenvalue weighted by atomic mass is 16.6. The summed E-state index contributed by atoms with van der Waals surface area (Å²) in [5, 5.41) is 25.4. The number of amides is 4. The van der Waals surface area contributed by atoms with Crippen LogP contribution in [0.25, 0.3) is 0 Å². The van der Waals surface area contributed by atoms with Crippen LogP contribution in [0.15, 0.2) is 0 Å². The molecule has 1 heterocycles. The molecule has 1 aliphatic rings. The standard InChI is InChI=1S/C43H76N4O13/c1-6-8-10-12-14-15-17-19-21-23-37(51)60-32(22-20-18-16-13-11-9-7-2)26-38(52)58-28-35-39(53)40(34(27-57-35)46-31(5)48)59-30(4)43(56)45-29(3)42(55)47-33(41(44)54)24-25-36(49)50/h29-30,32-35,39-40,53H,6-28H2,1-5H3,(H2,44,54)(H,45,56)(H,46,48)(H,47,55)(H,49,50)/t29-,30+,32+,33-,34-,35+,39+,40+/m0/s1/i/hD. The molecule has 0 radical (unpaired) electrons. The third-order valence-electron chi connectivity index (χ3n) is 10.4. The zero-order chi connectivity index (χ0) is 45.7. The number of nitrogens with one attached hydrogen (secondary N) is 3. The smallest absolute Gasteiger partial charge is 0.309 e. The number of aliphatic carboxylic acids is 1. The maximum Gasteiger partial charge on any atom is 0.309 e. The van der Waals surface area contributed by atoms with E-state index in [0.717, 1.165) is 51.4 Å². The Bertz CT molecular complexity index is 1340. The molecule has 1 fully saturated rings. The third-order valence-corrected chi connectivity index (χ3v) is 10.4. The van der Waals surface area contributed by atoms with E-state index in [2.05, 4.69) is 24.5 Å². The molecule has 7 N–H and O–H groups in total. The van der Waals surface area contributed by atoms with Crippen LogP contribution in [-0.4, -0.2) is 114 Å². The summed E-state index contributed by atoms with van der Waals surface area (Å²) in [4.78, 5) is 86.8. The van der Waals surface area contributed by atoms with Gasteiger partial charge in [-0.3, -0.25) is 33.6 Å². The zero-order valence-electron chi connectivity index (χ0n) is 37.8. The first-order valence-electron chi connectivity index (χ1n) is 22.7. The van der Waals surface area contributed by atoms with Gasteiger partial charge >= 0.3 is 17.9 Å². The van der Waals surface area contributed by atoms with E-state index < -0.39 is 97.2 Å². The molecule has 0 unspecified atom stereocenters. The highest BCUT2D eigenvalue weighted by Crippen LogP contribution is 2.22. The van der Waals surface area contributed by atoms with Gasteiger partial charge in [0.05, 0.1) is 19.1 Å². The molecule has 0 bridgehead atoms. The van der Waals surface area contributed by atoms with Crippen molar-refractivity contribution in [3.63, 3.8) is 0 Å². The monoisotopic (exact) mass is 858 g/mol. The van der Waals surface area contributed by atoms with E-state index in [1.165, 1.54) is 65.7 Å². The highest BCUT2D eigenvalue weighted by molar-refractivity contribution is 5.92. The number of rotatable bonds is 34. The minimum atomic E-state index is -1.54. The van der Waals surface area contributed by atoms with Crippen molar-refractivity contribution in [3.8, 4) is 0 Å². The number of hydrogen-bond donors (Lipinski definition) is 6. The number of primary amides is 1. The Morgan fingerprint density at radius 1 is 0.800 bits per heavy atom. The van der Waals surface area contributed by atoms with Gasteiger partial charge in [0.25, 0.3) is 0 Å². The van der Waals surface area contributed by atoms with Gasteiger partial charge in [0.2, 0.25) is 23.6 Å². The second kappa shape index (κ2) is 32.0. The second-order valence-electron chi connectivity index (χ2n) is 15.9. The predicted molar refractivity (Wildman–Crippen MR) is 223 cm³/mol. The van der Waals surface area contributed by atoms with Crippen LogP contribution in [0.4, 0.5) is 0 Å². The number of hydrogen-bond acceptors (Lipinski definition) is 12. The summed E-state index contributed by atoms with van der Waals surface area (Å²) in [5.41, 5.74) is 5.28. The molecule has 1 rings (SSSR count). The molecule has 0 aromatic heterocycles. The van der Waals surface area contributed by atoms with E-state index in [9.17, 15) is 38.7 Å². The molecule has 1 aliphatic heterocycles. The molecule has 60 heavy (non-hydrogen) atoms. The molecule has 0 aromatic rings. The first-order chi connectivity index (χ1) is 29.0. The van der Waals surface area contributed by atoms with Crippen molar-refractivity contribution in [2.75, 3.05) is 13.2 Å². The van der Waals surface area contributed by atoms with Gasteiger partial charge in [-0.2, -0.15) is 0 Å². The van der Waals surface area contributed by atoms with E-state index >= 15 is 0 Å². The van der Waals surface area contributed by atoms with Crippen LogP contribution in [0.3, 0.4) is 0 Å². The summed E-state index contributed by atoms with van der Waals surface area (Å²) in [6.45, 7) is 7.45. The molecule has 0 aromatic carbocycles. The minimum absolute atomic E-state index is 0.188. The maximum absolute atomic E-state index is 13.3. The van der Waals surface area contributed by atoms with Crippen LogP contribution >= 0.6 is 0 Å². The van der Waals surface area contributed by atoms with Gasteiger partial charge in [0.15, 0.2) is 1.41 Å². The molecule has 346 valence electrons. The highest BCUT2D eigenvalue weighted by Gasteiger charge is 2.43. The molecular weight excluding hydrogens is 780 g/mol. The van der Waals surface area contributed by atoms with Crippen molar-refractivity contribution in [1.82, 2.24) is 15.9 Å². The minimum Gasteiger partial charge on any atom is -0.481 e. The molecule has 17 heteroatoms. The van der Waals surface area contributed by atoms with Crippen LogP contribution in [0.2, 0.25) is 1.41 Å². The van der Waals surface area contributed by atoms with Gasteiger partial charge < -0.3 is 50.8 Å². The van der Waals surface area contributed by atoms with Gasteiger partial charge in [0.1, 0.15) is 49.2 Å². The van der Waals surface area contributed by atoms with Gasteiger partial charge in [0, 0.05) is 19.8 Å². The summed E-state index contributed by atoms with van der Waals surface area (Å²) >= 11 is 0. The average Bonchev–Trinajstić information content (AvgIpc) is 3.20. The molecule has 0 spiro atoms. The molecule has 17 nitrogen and oxygen atoms in total. The molecule has 4 amide bonds. The van der Waals surface area contributed by atoms with Crippen molar-refractivity contribution in [2.24, 2.45) is 5.73 Å². The number of ether oxygens (including phenoxy) is 4. The van der Waals surface area contributed by atoms with Gasteiger partial charge in [-0.1, -0.05) is 104 Å². The predicted octanol–water partition coefficient (Wildman–Crippen LogP) is 4.27. The van der Waals surface area contributed by atoms with Crippen LogP contribution in [0.5, 0.6) is 0 Å². The lowest BCUT2D eigenvalue weighted by atomic mass is 9.97. The Hall–Kier alpha value is -3.83. The van der Waals surface area contributed by atoms with E-state index in [1.807, 2.05) is 0 Å². The number of carbonyl (C=O) groups is 7. The molecule has 8 atom stereocenters. The van der Waals surface area contributed by atoms with Crippen molar-refractivity contribution < 1.29 is 64.1 Å². The first-order valence-corrected chi connectivity index (χ1v) is 22.2. The zero-order valence-corrected chi connectivity index (χ0v) is 36.8. The Morgan fingerprint density at radius 3 is 1.92 bits per heavy atom. The lowest BCUT2D eigenvalue weighted by Gasteiger charge is -2.41. The van der Waals surface area contributed by atoms with Crippen molar-refractivity contribution in [1.29, 1.82) is 0 Å². The fraction of sp³-hybridized carbons (Fsp3) is 0.837. The number of aliphatic hydroxyl groups excluding tert-OH is 1. The normalized spacial score (nSPS) is 19.8. The van der Waals surface area contributed by atoms with E-state index in [0.29, 0.717) is 18.2 Å². The van der Waals surface area contributed by atoms with Gasteiger partial charge in [-0.25, -0.2) is 0 Å². The molecule has 0 aliphatic carbocycles. The quantitative estimate of drug-likeness (QED) is 0.0391. The summed E-state index contributed by atoms with van der Waals surface area (Å²) in [7, 11) is 0. The van der Waals surface area contributed by atoms with Gasteiger partial charge in [-0.05, 0) is 39.5 Å². The van der Waals surface area contributed by atoms with Crippen molar-refractivity contribution in [3.05, 3.63) is 0 Å². The summed E-state index contributed by atoms with van der Waals surface area (Å²) < 4.78 is 31.3. The maximum atomic E-state index is 13.3. The number of esters is 2. The van der Waals surface area contributed by atoms with E-state index in [-0.39, 0.29) is 31.8 Å². The fourth-order valence-electron chi connectivity index (χ4n) is 6.85. The van der Waals surface area contributed by atoms with Crippen LogP contribution < -0.4 is 21.7 Å². The number of carbonyl (C=O) groups excluding carboxylic acids is 6. The molecule has 1 saturated heterocycles. The number of carboxylic acids is 1. The Kier molecular flexibility index (Phi) is 27.9. The van der Waals surface area contributed by atoms with Crippen LogP contribution in [-0.2, 0) is 52.5 Å². The third kappa shape index (κ3) is 24.4. The lowest BCUT2D eigenvalue weighted by Crippen LogP contribution is -2.62. The van der Waals surface area contributed by atoms with Crippen LogP contribution in [0, 0.1) is 0 Å². The summed E-state index contributed by atoms with van der Waals surface area (Å²) in [6, 6.07) is -3.80. The number of nitrogens with two attached hydrogens (primary N) is 1. The number of unbranched alkanes of at least 4 members (excludes halogenated alkanes) is 14. The Labute approximate surface area is 358 Å². The van der Waals surface area contributed by atoms with Crippen molar-refractivity contribution >= 4 is 41.5 Å². The number of aliphatic hydroxyl groups is 1. The molecular formula is C43H76N4O13. The lowest BCUT2D eigenvalue weighted by molar-refractivity contribution is -0.198. The van der Waals surface area contributed by atoms with Crippen molar-refractivity contribution in [2.45, 2.75) is 218 Å². The van der Waals surface area contributed by atoms with Crippen LogP contribution in [0.1, 0.15) is 169 Å². The van der Waals surface area contributed by atoms with Gasteiger partial charge in [-0.15, -0.1) is 0 Å². The molecule has 0 saturated carbocycles. The van der Waals surface area contributed by atoms with E-state index in [1.54, 1.807) is 0 Å². The topological polar surface area (TPSA) is 259 Å². The second-order valence-corrected chi connectivity index (χ2v) is 15.9. The SMILES string of the molecule is [2H]N(C(=O)[C@@H](C)O[C@H]1[C@H](O)[C@@H](COC(=O)C[C@@H](CCCCCCCCC)OC(=O)CCCCCCCCCCC)OC[C@@H]1NC(C)=O)[C@@H](C)C(=O)N[C@@H](CCC(=O)O)C(N)=O. The largest absolute Gasteiger partial charge is 0.481 e. The summed E-state index contributed by atoms with van der Waals surface area (Å²) in [5.74, 6) is -5.69. The van der Waals surface area contributed by atoms with E-state index in [4.69, 9.17) is 31.2 Å².